The number of carbonyl (C=O) groups is 1. The number of hydrogen-bond acceptors (Lipinski definition) is 6. The fraction of sp³-hybridized carbons (Fsp3) is 0.273. The molecule has 8 heteroatoms. The molecule has 1 aliphatic rings. The van der Waals surface area contributed by atoms with Gasteiger partial charge in [0.05, 0.1) is 12.2 Å². The number of aromatic nitrogens is 1. The fourth-order valence-electron chi connectivity index (χ4n) is 3.12. The van der Waals surface area contributed by atoms with E-state index in [-0.39, 0.29) is 12.7 Å². The molecule has 4 rings (SSSR count). The number of fused-ring (bicyclic) bond motifs is 1. The first-order chi connectivity index (χ1) is 14.6. The second kappa shape index (κ2) is 9.36. The molecule has 30 heavy (non-hydrogen) atoms. The number of nitrogens with zero attached hydrogens (tertiary/aromatic N) is 2. The number of amides is 1. The van der Waals surface area contributed by atoms with Gasteiger partial charge in [0.1, 0.15) is 17.4 Å². The van der Waals surface area contributed by atoms with Crippen LogP contribution in [0.1, 0.15) is 34.4 Å². The molecular weight excluding hydrogens is 424 g/mol. The van der Waals surface area contributed by atoms with Gasteiger partial charge in [-0.2, -0.15) is 0 Å². The molecule has 0 fully saturated rings. The van der Waals surface area contributed by atoms with Crippen molar-refractivity contribution < 1.29 is 19.0 Å². The topological polar surface area (TPSA) is 60.9 Å². The number of rotatable bonds is 8. The van der Waals surface area contributed by atoms with Crippen LogP contribution in [0.15, 0.2) is 47.8 Å². The number of hydrogen-bond donors (Lipinski definition) is 0. The molecule has 156 valence electrons. The Kier molecular flexibility index (Phi) is 6.40. The lowest BCUT2D eigenvalue weighted by molar-refractivity contribution is 0.0741. The van der Waals surface area contributed by atoms with Crippen LogP contribution >= 0.6 is 22.9 Å². The molecule has 6 nitrogen and oxygen atoms in total. The highest BCUT2D eigenvalue weighted by molar-refractivity contribution is 7.09. The van der Waals surface area contributed by atoms with Gasteiger partial charge in [0, 0.05) is 22.5 Å². The van der Waals surface area contributed by atoms with Crippen LogP contribution in [-0.4, -0.2) is 29.1 Å². The van der Waals surface area contributed by atoms with Crippen molar-refractivity contribution in [3.05, 3.63) is 69.1 Å². The summed E-state index contributed by atoms with van der Waals surface area (Å²) in [6, 6.07) is 12.5. The Labute approximate surface area is 184 Å². The first-order valence-electron chi connectivity index (χ1n) is 9.63. The molecular formula is C22H21ClN2O4S. The van der Waals surface area contributed by atoms with E-state index >= 15 is 0 Å². The highest BCUT2D eigenvalue weighted by Gasteiger charge is 2.21. The maximum atomic E-state index is 13.1. The third-order valence-corrected chi connectivity index (χ3v) is 5.62. The fourth-order valence-corrected chi connectivity index (χ4v) is 4.00. The molecule has 2 heterocycles. The monoisotopic (exact) mass is 444 g/mol. The molecule has 0 unspecified atom stereocenters. The van der Waals surface area contributed by atoms with E-state index < -0.39 is 0 Å². The lowest BCUT2D eigenvalue weighted by atomic mass is 10.1. The van der Waals surface area contributed by atoms with Gasteiger partial charge in [-0.3, -0.25) is 4.79 Å². The molecule has 1 amide bonds. The van der Waals surface area contributed by atoms with E-state index in [1.54, 1.807) is 35.2 Å². The molecule has 1 aromatic heterocycles. The van der Waals surface area contributed by atoms with Crippen LogP contribution in [0, 0.1) is 0 Å². The van der Waals surface area contributed by atoms with Gasteiger partial charge in [-0.1, -0.05) is 24.6 Å². The second-order valence-electron chi connectivity index (χ2n) is 6.77. The minimum absolute atomic E-state index is 0.0557. The second-order valence-corrected chi connectivity index (χ2v) is 8.15. The summed E-state index contributed by atoms with van der Waals surface area (Å²) < 4.78 is 16.5. The summed E-state index contributed by atoms with van der Waals surface area (Å²) in [6.45, 7) is 3.67. The third-order valence-electron chi connectivity index (χ3n) is 4.51. The molecule has 0 atom stereocenters. The molecule has 3 aromatic rings. The van der Waals surface area contributed by atoms with Crippen LogP contribution in [0.3, 0.4) is 0 Å². The van der Waals surface area contributed by atoms with E-state index in [9.17, 15) is 4.79 Å². The summed E-state index contributed by atoms with van der Waals surface area (Å²) in [6.07, 6.45) is 0.852. The minimum Gasteiger partial charge on any atom is -0.486 e. The lowest BCUT2D eigenvalue weighted by Gasteiger charge is -2.21. The molecule has 1 aliphatic heterocycles. The first-order valence-corrected chi connectivity index (χ1v) is 10.9. The van der Waals surface area contributed by atoms with Gasteiger partial charge in [-0.25, -0.2) is 4.98 Å². The predicted molar refractivity (Wildman–Crippen MR) is 115 cm³/mol. The van der Waals surface area contributed by atoms with Gasteiger partial charge in [0.2, 0.25) is 6.79 Å². The van der Waals surface area contributed by atoms with Gasteiger partial charge in [-0.05, 0) is 42.8 Å². The lowest BCUT2D eigenvalue weighted by Crippen LogP contribution is -2.31. The molecule has 0 spiro atoms. The Bertz CT molecular complexity index is 1040. The molecule has 0 N–H and O–H groups in total. The SMILES string of the molecule is CCCN(Cc1csc(COc2cccc(Cl)c2)n1)C(=O)c1ccc2c(c1)OCO2. The number of ether oxygens (including phenoxy) is 3. The van der Waals surface area contributed by atoms with E-state index in [4.69, 9.17) is 25.8 Å². The standard InChI is InChI=1S/C22H21ClN2O4S/c1-2-8-25(22(26)15-6-7-19-20(9-15)29-14-28-19)11-17-13-30-21(24-17)12-27-18-5-3-4-16(23)10-18/h3-7,9-10,13H,2,8,11-12,14H2,1H3. The van der Waals surface area contributed by atoms with Gasteiger partial charge in [0.15, 0.2) is 11.5 Å². The summed E-state index contributed by atoms with van der Waals surface area (Å²) in [5.41, 5.74) is 1.42. The highest BCUT2D eigenvalue weighted by Crippen LogP contribution is 2.33. The highest BCUT2D eigenvalue weighted by atomic mass is 35.5. The smallest absolute Gasteiger partial charge is 0.254 e. The van der Waals surface area contributed by atoms with Crippen molar-refractivity contribution in [2.24, 2.45) is 0 Å². The normalized spacial score (nSPS) is 12.1. The summed E-state index contributed by atoms with van der Waals surface area (Å²) in [4.78, 5) is 19.5. The number of halogens is 1. The van der Waals surface area contributed by atoms with Gasteiger partial charge >= 0.3 is 0 Å². The summed E-state index contributed by atoms with van der Waals surface area (Å²) in [5.74, 6) is 1.91. The maximum Gasteiger partial charge on any atom is 0.254 e. The minimum atomic E-state index is -0.0557. The summed E-state index contributed by atoms with van der Waals surface area (Å²) in [7, 11) is 0. The molecule has 0 aliphatic carbocycles. The Balaban J connectivity index is 1.41. The van der Waals surface area contributed by atoms with Crippen molar-refractivity contribution in [2.75, 3.05) is 13.3 Å². The van der Waals surface area contributed by atoms with E-state index in [0.29, 0.717) is 47.5 Å². The van der Waals surface area contributed by atoms with Crippen molar-refractivity contribution in [3.8, 4) is 17.2 Å². The number of thiazole rings is 1. The van der Waals surface area contributed by atoms with Crippen molar-refractivity contribution in [3.63, 3.8) is 0 Å². The van der Waals surface area contributed by atoms with Crippen LogP contribution in [0.4, 0.5) is 0 Å². The van der Waals surface area contributed by atoms with Crippen molar-refractivity contribution >= 4 is 28.8 Å². The first kappa shape index (κ1) is 20.5. The van der Waals surface area contributed by atoms with Crippen molar-refractivity contribution in [1.29, 1.82) is 0 Å². The molecule has 0 bridgehead atoms. The van der Waals surface area contributed by atoms with E-state index in [0.717, 1.165) is 17.1 Å². The molecule has 0 saturated carbocycles. The third kappa shape index (κ3) is 4.86. The Hall–Kier alpha value is -2.77. The molecule has 2 aromatic carbocycles. The average molecular weight is 445 g/mol. The van der Waals surface area contributed by atoms with Crippen LogP contribution in [-0.2, 0) is 13.2 Å². The van der Waals surface area contributed by atoms with Crippen LogP contribution < -0.4 is 14.2 Å². The van der Waals surface area contributed by atoms with E-state index in [2.05, 4.69) is 4.98 Å². The van der Waals surface area contributed by atoms with E-state index in [1.807, 2.05) is 24.4 Å². The summed E-state index contributed by atoms with van der Waals surface area (Å²) >= 11 is 7.50. The Morgan fingerprint density at radius 1 is 1.23 bits per heavy atom. The Morgan fingerprint density at radius 3 is 2.93 bits per heavy atom. The van der Waals surface area contributed by atoms with E-state index in [1.165, 1.54) is 11.3 Å². The summed E-state index contributed by atoms with van der Waals surface area (Å²) in [5, 5.41) is 3.44. The number of carbonyl (C=O) groups excluding carboxylic acids is 1. The quantitative estimate of drug-likeness (QED) is 0.480. The van der Waals surface area contributed by atoms with Crippen LogP contribution in [0.5, 0.6) is 17.2 Å². The van der Waals surface area contributed by atoms with Crippen LogP contribution in [0.25, 0.3) is 0 Å². The molecule has 0 radical (unpaired) electrons. The zero-order valence-electron chi connectivity index (χ0n) is 16.5. The average Bonchev–Trinajstić information content (AvgIpc) is 3.40. The maximum absolute atomic E-state index is 13.1. The zero-order valence-corrected chi connectivity index (χ0v) is 18.0. The Morgan fingerprint density at radius 2 is 2.10 bits per heavy atom. The van der Waals surface area contributed by atoms with Gasteiger partial charge < -0.3 is 19.1 Å². The van der Waals surface area contributed by atoms with Crippen LogP contribution in [0.2, 0.25) is 5.02 Å². The van der Waals surface area contributed by atoms with Crippen molar-refractivity contribution in [1.82, 2.24) is 9.88 Å². The zero-order chi connectivity index (χ0) is 20.9. The van der Waals surface area contributed by atoms with Gasteiger partial charge in [0.25, 0.3) is 5.91 Å². The number of benzene rings is 2. The largest absolute Gasteiger partial charge is 0.486 e. The molecule has 0 saturated heterocycles. The van der Waals surface area contributed by atoms with Crippen molar-refractivity contribution in [2.45, 2.75) is 26.5 Å². The van der Waals surface area contributed by atoms with Gasteiger partial charge in [-0.15, -0.1) is 11.3 Å². The predicted octanol–water partition coefficient (Wildman–Crippen LogP) is 5.16.